The Bertz CT molecular complexity index is 165. The summed E-state index contributed by atoms with van der Waals surface area (Å²) in [5.74, 6) is 0. The molecule has 2 rings (SSSR count). The molecule has 0 saturated carbocycles. The van der Waals surface area contributed by atoms with Crippen LogP contribution in [0.3, 0.4) is 0 Å². The van der Waals surface area contributed by atoms with E-state index in [1.54, 1.807) is 0 Å². The molecule has 3 nitrogen and oxygen atoms in total. The summed E-state index contributed by atoms with van der Waals surface area (Å²) in [7, 11) is 0. The molecule has 1 saturated heterocycles. The van der Waals surface area contributed by atoms with E-state index >= 15 is 0 Å². The van der Waals surface area contributed by atoms with Gasteiger partial charge in [-0.2, -0.15) is 0 Å². The van der Waals surface area contributed by atoms with Crippen LogP contribution in [0.15, 0.2) is 11.8 Å². The topological polar surface area (TPSA) is 33.3 Å². The molecule has 0 aromatic rings. The fourth-order valence-corrected chi connectivity index (χ4v) is 1.18. The Morgan fingerprint density at radius 3 is 2.50 bits per heavy atom. The van der Waals surface area contributed by atoms with E-state index in [9.17, 15) is 0 Å². The summed E-state index contributed by atoms with van der Waals surface area (Å²) in [5, 5.41) is 3.15. The second kappa shape index (κ2) is 2.42. The van der Waals surface area contributed by atoms with Gasteiger partial charge in [0, 0.05) is 18.8 Å². The molecule has 10 heavy (non-hydrogen) atoms. The van der Waals surface area contributed by atoms with Crippen LogP contribution in [0, 0.1) is 0 Å². The van der Waals surface area contributed by atoms with E-state index in [-0.39, 0.29) is 18.0 Å². The second-order valence-corrected chi connectivity index (χ2v) is 2.70. The number of nitrogens with one attached hydrogen (secondary N) is 2. The molecule has 0 aliphatic carbocycles. The molecule has 1 fully saturated rings. The van der Waals surface area contributed by atoms with Crippen molar-refractivity contribution in [1.82, 2.24) is 10.8 Å². The average Bonchev–Trinajstić information content (AvgIpc) is 2.09. The maximum Gasteiger partial charge on any atom is 0.141 e. The van der Waals surface area contributed by atoms with Crippen molar-refractivity contribution in [2.75, 3.05) is 13.1 Å². The van der Waals surface area contributed by atoms with Gasteiger partial charge in [0.2, 0.25) is 0 Å². The van der Waals surface area contributed by atoms with E-state index in [2.05, 4.69) is 16.9 Å². The van der Waals surface area contributed by atoms with Crippen molar-refractivity contribution in [1.29, 1.82) is 0 Å². The van der Waals surface area contributed by atoms with Crippen LogP contribution in [0.5, 0.6) is 0 Å². The van der Waals surface area contributed by atoms with E-state index in [0.29, 0.717) is 0 Å². The number of hydrogen-bond acceptors (Lipinski definition) is 3. The maximum absolute atomic E-state index is 5.28. The first kappa shape index (κ1) is 7.85. The lowest BCUT2D eigenvalue weighted by molar-refractivity contribution is -0.0697. The molecule has 0 bridgehead atoms. The quantitative estimate of drug-likeness (QED) is 0.534. The molecule has 58 valence electrons. The van der Waals surface area contributed by atoms with Crippen LogP contribution in [-0.4, -0.2) is 18.7 Å². The molecule has 0 unspecified atom stereocenters. The van der Waals surface area contributed by atoms with Crippen molar-refractivity contribution in [3.63, 3.8) is 0 Å². The van der Waals surface area contributed by atoms with E-state index in [4.69, 9.17) is 4.84 Å². The molecule has 0 aromatic carbocycles. The van der Waals surface area contributed by atoms with Gasteiger partial charge in [-0.3, -0.25) is 10.3 Å². The van der Waals surface area contributed by atoms with Crippen LogP contribution in [-0.2, 0) is 4.84 Å². The molecule has 0 atom stereocenters. The molecule has 1 spiro atoms. The van der Waals surface area contributed by atoms with E-state index in [1.165, 1.54) is 0 Å². The predicted octanol–water partition coefficient (Wildman–Crippen LogP) is 0.189. The number of allylic oxidation sites excluding steroid dienone is 1. The SMILES string of the molecule is CC1=CC2(CNC2)ON1.Cl. The second-order valence-electron chi connectivity index (χ2n) is 2.70. The van der Waals surface area contributed by atoms with Crippen LogP contribution in [0.25, 0.3) is 0 Å². The van der Waals surface area contributed by atoms with Crippen molar-refractivity contribution in [3.05, 3.63) is 11.8 Å². The fourth-order valence-electron chi connectivity index (χ4n) is 1.18. The lowest BCUT2D eigenvalue weighted by Gasteiger charge is -2.35. The third kappa shape index (κ3) is 1.00. The minimum atomic E-state index is 0. The fraction of sp³-hybridized carbons (Fsp3) is 0.667. The van der Waals surface area contributed by atoms with Crippen LogP contribution >= 0.6 is 12.4 Å². The van der Waals surface area contributed by atoms with E-state index in [0.717, 1.165) is 18.8 Å². The Morgan fingerprint density at radius 1 is 1.60 bits per heavy atom. The molecular formula is C6H11ClN2O. The summed E-state index contributed by atoms with van der Waals surface area (Å²) in [6.07, 6.45) is 2.13. The van der Waals surface area contributed by atoms with Crippen LogP contribution in [0.2, 0.25) is 0 Å². The molecule has 0 amide bonds. The van der Waals surface area contributed by atoms with Crippen LogP contribution < -0.4 is 10.8 Å². The molecule has 2 aliphatic heterocycles. The summed E-state index contributed by atoms with van der Waals surface area (Å²) in [4.78, 5) is 5.28. The lowest BCUT2D eigenvalue weighted by atomic mass is 9.97. The van der Waals surface area contributed by atoms with Gasteiger partial charge < -0.3 is 5.32 Å². The Kier molecular flexibility index (Phi) is 1.90. The summed E-state index contributed by atoms with van der Waals surface area (Å²) < 4.78 is 0. The summed E-state index contributed by atoms with van der Waals surface area (Å²) in [6.45, 7) is 3.89. The van der Waals surface area contributed by atoms with Crippen molar-refractivity contribution >= 4 is 12.4 Å². The molecular weight excluding hydrogens is 152 g/mol. The number of rotatable bonds is 0. The van der Waals surface area contributed by atoms with Gasteiger partial charge in [-0.25, -0.2) is 0 Å². The van der Waals surface area contributed by atoms with Crippen molar-refractivity contribution in [2.24, 2.45) is 0 Å². The first-order valence-corrected chi connectivity index (χ1v) is 3.15. The standard InChI is InChI=1S/C6H10N2O.ClH/c1-5-2-6(9-8-5)3-7-4-6;/h2,7-8H,3-4H2,1H3;1H. The van der Waals surface area contributed by atoms with E-state index < -0.39 is 0 Å². The minimum absolute atomic E-state index is 0. The zero-order valence-electron chi connectivity index (χ0n) is 5.81. The minimum Gasteiger partial charge on any atom is -0.310 e. The smallest absolute Gasteiger partial charge is 0.141 e. The zero-order valence-corrected chi connectivity index (χ0v) is 6.62. The zero-order chi connectivity index (χ0) is 6.32. The molecule has 0 aromatic heterocycles. The molecule has 2 aliphatic rings. The highest BCUT2D eigenvalue weighted by molar-refractivity contribution is 5.85. The van der Waals surface area contributed by atoms with Crippen LogP contribution in [0.1, 0.15) is 6.92 Å². The largest absolute Gasteiger partial charge is 0.310 e. The van der Waals surface area contributed by atoms with Gasteiger partial charge in [-0.15, -0.1) is 12.4 Å². The first-order chi connectivity index (χ1) is 4.31. The summed E-state index contributed by atoms with van der Waals surface area (Å²) >= 11 is 0. The lowest BCUT2D eigenvalue weighted by Crippen LogP contribution is -2.59. The van der Waals surface area contributed by atoms with Crippen molar-refractivity contribution < 1.29 is 4.84 Å². The van der Waals surface area contributed by atoms with Crippen molar-refractivity contribution in [2.45, 2.75) is 12.5 Å². The van der Waals surface area contributed by atoms with Gasteiger partial charge in [-0.1, -0.05) is 0 Å². The normalized spacial score (nSPS) is 26.3. The Morgan fingerprint density at radius 2 is 2.30 bits per heavy atom. The predicted molar refractivity (Wildman–Crippen MR) is 40.8 cm³/mol. The van der Waals surface area contributed by atoms with Gasteiger partial charge in [0.05, 0.1) is 0 Å². The van der Waals surface area contributed by atoms with Gasteiger partial charge >= 0.3 is 0 Å². The highest BCUT2D eigenvalue weighted by Crippen LogP contribution is 2.23. The molecule has 4 heteroatoms. The summed E-state index contributed by atoms with van der Waals surface area (Å²) in [5.41, 5.74) is 3.96. The van der Waals surface area contributed by atoms with Gasteiger partial charge in [0.15, 0.2) is 0 Å². The number of halogens is 1. The summed E-state index contributed by atoms with van der Waals surface area (Å²) in [6, 6.07) is 0. The van der Waals surface area contributed by atoms with E-state index in [1.807, 2.05) is 6.92 Å². The Labute approximate surface area is 66.2 Å². The van der Waals surface area contributed by atoms with Crippen LogP contribution in [0.4, 0.5) is 0 Å². The number of hydroxylamine groups is 1. The third-order valence-electron chi connectivity index (χ3n) is 1.74. The monoisotopic (exact) mass is 162 g/mol. The van der Waals surface area contributed by atoms with Gasteiger partial charge in [-0.05, 0) is 13.0 Å². The average molecular weight is 163 g/mol. The highest BCUT2D eigenvalue weighted by Gasteiger charge is 2.39. The Hall–Kier alpha value is -0.250. The number of hydrogen-bond donors (Lipinski definition) is 2. The third-order valence-corrected chi connectivity index (χ3v) is 1.74. The van der Waals surface area contributed by atoms with Gasteiger partial charge in [0.25, 0.3) is 0 Å². The Balaban J connectivity index is 0.000000500. The molecule has 2 heterocycles. The maximum atomic E-state index is 5.28. The molecule has 2 N–H and O–H groups in total. The van der Waals surface area contributed by atoms with Gasteiger partial charge in [0.1, 0.15) is 5.60 Å². The first-order valence-electron chi connectivity index (χ1n) is 3.15. The molecule has 0 radical (unpaired) electrons. The highest BCUT2D eigenvalue weighted by atomic mass is 35.5. The van der Waals surface area contributed by atoms with Crippen molar-refractivity contribution in [3.8, 4) is 0 Å².